The van der Waals surface area contributed by atoms with Crippen molar-refractivity contribution in [2.45, 2.75) is 26.2 Å². The van der Waals surface area contributed by atoms with Crippen molar-refractivity contribution in [2.75, 3.05) is 33.4 Å². The highest BCUT2D eigenvalue weighted by Gasteiger charge is 2.39. The van der Waals surface area contributed by atoms with Crippen molar-refractivity contribution in [1.82, 2.24) is 15.6 Å². The van der Waals surface area contributed by atoms with E-state index in [0.717, 1.165) is 37.2 Å². The molecule has 148 valence electrons. The first-order valence-electron chi connectivity index (χ1n) is 9.12. The van der Waals surface area contributed by atoms with Crippen LogP contribution in [0.25, 0.3) is 11.5 Å². The number of ether oxygens (including phenoxy) is 1. The van der Waals surface area contributed by atoms with Crippen LogP contribution in [-0.4, -0.2) is 44.2 Å². The standard InChI is InChI=1S/C20H27N3O3.ClH/c1-15-3-5-16(6-4-15)18-23-17(13-26-18)7-10-22-19(24)20(14-25-2)8-11-21-12-9-20;/h3-6,13,21H,7-12,14H2,1-2H3,(H,22,24);1H. The third-order valence-corrected chi connectivity index (χ3v) is 4.98. The number of rotatable bonds is 7. The minimum absolute atomic E-state index is 0. The van der Waals surface area contributed by atoms with Crippen molar-refractivity contribution in [3.05, 3.63) is 41.8 Å². The Bertz CT molecular complexity index is 719. The molecule has 0 atom stereocenters. The van der Waals surface area contributed by atoms with Crippen molar-refractivity contribution in [1.29, 1.82) is 0 Å². The van der Waals surface area contributed by atoms with Crippen LogP contribution < -0.4 is 10.6 Å². The van der Waals surface area contributed by atoms with E-state index in [-0.39, 0.29) is 18.3 Å². The highest BCUT2D eigenvalue weighted by atomic mass is 35.5. The fraction of sp³-hybridized carbons (Fsp3) is 0.500. The second-order valence-corrected chi connectivity index (χ2v) is 6.98. The van der Waals surface area contributed by atoms with Crippen LogP contribution in [0.1, 0.15) is 24.1 Å². The Morgan fingerprint density at radius 2 is 2.00 bits per heavy atom. The third kappa shape index (κ3) is 5.31. The van der Waals surface area contributed by atoms with E-state index in [1.54, 1.807) is 13.4 Å². The van der Waals surface area contributed by atoms with Gasteiger partial charge in [-0.1, -0.05) is 17.7 Å². The second kappa shape index (κ2) is 9.88. The fourth-order valence-corrected chi connectivity index (χ4v) is 3.36. The molecule has 0 radical (unpaired) electrons. The lowest BCUT2D eigenvalue weighted by Gasteiger charge is -2.35. The summed E-state index contributed by atoms with van der Waals surface area (Å²) in [6, 6.07) is 8.07. The lowest BCUT2D eigenvalue weighted by atomic mass is 9.78. The maximum absolute atomic E-state index is 12.7. The van der Waals surface area contributed by atoms with Crippen molar-refractivity contribution in [3.63, 3.8) is 0 Å². The lowest BCUT2D eigenvalue weighted by molar-refractivity contribution is -0.136. The first-order chi connectivity index (χ1) is 12.6. The van der Waals surface area contributed by atoms with Gasteiger partial charge in [-0.15, -0.1) is 12.4 Å². The van der Waals surface area contributed by atoms with Gasteiger partial charge in [0.1, 0.15) is 6.26 Å². The van der Waals surface area contributed by atoms with Gasteiger partial charge in [0.15, 0.2) is 0 Å². The Kier molecular flexibility index (Phi) is 7.83. The minimum atomic E-state index is -0.420. The SMILES string of the molecule is COCC1(C(=O)NCCc2coc(-c3ccc(C)cc3)n2)CCNCC1.Cl. The van der Waals surface area contributed by atoms with Gasteiger partial charge in [-0.25, -0.2) is 4.98 Å². The monoisotopic (exact) mass is 393 g/mol. The number of oxazole rings is 1. The van der Waals surface area contributed by atoms with Crippen LogP contribution in [-0.2, 0) is 16.0 Å². The summed E-state index contributed by atoms with van der Waals surface area (Å²) in [4.78, 5) is 17.2. The summed E-state index contributed by atoms with van der Waals surface area (Å²) in [5.74, 6) is 0.684. The normalized spacial score (nSPS) is 15.8. The average molecular weight is 394 g/mol. The smallest absolute Gasteiger partial charge is 0.228 e. The Morgan fingerprint density at radius 3 is 2.67 bits per heavy atom. The number of benzene rings is 1. The van der Waals surface area contributed by atoms with Gasteiger partial charge in [-0.3, -0.25) is 4.79 Å². The van der Waals surface area contributed by atoms with Gasteiger partial charge in [0.2, 0.25) is 11.8 Å². The third-order valence-electron chi connectivity index (χ3n) is 4.98. The molecule has 0 bridgehead atoms. The Labute approximate surface area is 166 Å². The summed E-state index contributed by atoms with van der Waals surface area (Å²) in [6.45, 7) is 4.74. The van der Waals surface area contributed by atoms with E-state index in [9.17, 15) is 4.79 Å². The second-order valence-electron chi connectivity index (χ2n) is 6.98. The topological polar surface area (TPSA) is 76.4 Å². The lowest BCUT2D eigenvalue weighted by Crippen LogP contribution is -2.50. The summed E-state index contributed by atoms with van der Waals surface area (Å²) >= 11 is 0. The summed E-state index contributed by atoms with van der Waals surface area (Å²) in [7, 11) is 1.65. The fourth-order valence-electron chi connectivity index (χ4n) is 3.36. The molecule has 6 nitrogen and oxygen atoms in total. The molecule has 1 aliphatic heterocycles. The van der Waals surface area contributed by atoms with E-state index >= 15 is 0 Å². The van der Waals surface area contributed by atoms with Crippen LogP contribution >= 0.6 is 12.4 Å². The van der Waals surface area contributed by atoms with Crippen LogP contribution in [0.4, 0.5) is 0 Å². The van der Waals surface area contributed by atoms with Crippen molar-refractivity contribution < 1.29 is 13.9 Å². The number of hydrogen-bond acceptors (Lipinski definition) is 5. The zero-order chi connectivity index (χ0) is 18.4. The van der Waals surface area contributed by atoms with Gasteiger partial charge in [0, 0.05) is 25.6 Å². The first kappa shape index (κ1) is 21.4. The van der Waals surface area contributed by atoms with Gasteiger partial charge in [-0.2, -0.15) is 0 Å². The molecule has 2 N–H and O–H groups in total. The largest absolute Gasteiger partial charge is 0.444 e. The summed E-state index contributed by atoms with van der Waals surface area (Å²) in [5, 5.41) is 6.35. The molecule has 1 amide bonds. The van der Waals surface area contributed by atoms with E-state index in [1.165, 1.54) is 5.56 Å². The van der Waals surface area contributed by atoms with Crippen LogP contribution in [0.15, 0.2) is 34.9 Å². The Balaban J connectivity index is 0.00000261. The van der Waals surface area contributed by atoms with Gasteiger partial charge in [0.05, 0.1) is 17.7 Å². The van der Waals surface area contributed by atoms with Gasteiger partial charge < -0.3 is 19.8 Å². The maximum atomic E-state index is 12.7. The number of aromatic nitrogens is 1. The zero-order valence-corrected chi connectivity index (χ0v) is 16.7. The molecule has 0 unspecified atom stereocenters. The predicted molar refractivity (Wildman–Crippen MR) is 107 cm³/mol. The number of carbonyl (C=O) groups excluding carboxylic acids is 1. The Hall–Kier alpha value is -1.89. The van der Waals surface area contributed by atoms with Crippen molar-refractivity contribution >= 4 is 18.3 Å². The molecule has 7 heteroatoms. The van der Waals surface area contributed by atoms with Crippen molar-refractivity contribution in [3.8, 4) is 11.5 Å². The van der Waals surface area contributed by atoms with Gasteiger partial charge in [0.25, 0.3) is 0 Å². The molecule has 2 aromatic rings. The molecular weight excluding hydrogens is 366 g/mol. The average Bonchev–Trinajstić information content (AvgIpc) is 3.12. The van der Waals surface area contributed by atoms with E-state index < -0.39 is 5.41 Å². The van der Waals surface area contributed by atoms with Gasteiger partial charge >= 0.3 is 0 Å². The summed E-state index contributed by atoms with van der Waals surface area (Å²) < 4.78 is 10.9. The molecule has 1 saturated heterocycles. The first-order valence-corrected chi connectivity index (χ1v) is 9.12. The highest BCUT2D eigenvalue weighted by Crippen LogP contribution is 2.29. The van der Waals surface area contributed by atoms with Crippen LogP contribution in [0.2, 0.25) is 0 Å². The number of amides is 1. The van der Waals surface area contributed by atoms with Crippen LogP contribution in [0.5, 0.6) is 0 Å². The molecule has 0 aliphatic carbocycles. The van der Waals surface area contributed by atoms with Crippen molar-refractivity contribution in [2.24, 2.45) is 5.41 Å². The molecule has 0 spiro atoms. The molecule has 1 aromatic carbocycles. The molecule has 1 aliphatic rings. The predicted octanol–water partition coefficient (Wildman–Crippen LogP) is 2.75. The van der Waals surface area contributed by atoms with E-state index in [0.29, 0.717) is 25.5 Å². The summed E-state index contributed by atoms with van der Waals surface area (Å²) in [6.07, 6.45) is 3.90. The molecular formula is C20H28ClN3O3. The molecule has 1 aromatic heterocycles. The number of methoxy groups -OCH3 is 1. The number of hydrogen-bond donors (Lipinski definition) is 2. The minimum Gasteiger partial charge on any atom is -0.444 e. The number of aryl methyl sites for hydroxylation is 1. The highest BCUT2D eigenvalue weighted by molar-refractivity contribution is 5.85. The zero-order valence-electron chi connectivity index (χ0n) is 15.9. The Morgan fingerprint density at radius 1 is 1.30 bits per heavy atom. The number of carbonyl (C=O) groups is 1. The van der Waals surface area contributed by atoms with Gasteiger partial charge in [-0.05, 0) is 45.0 Å². The summed E-state index contributed by atoms with van der Waals surface area (Å²) in [5.41, 5.74) is 2.58. The molecule has 3 rings (SSSR count). The number of halogens is 1. The molecule has 1 fully saturated rings. The van der Waals surface area contributed by atoms with E-state index in [1.807, 2.05) is 31.2 Å². The molecule has 0 saturated carbocycles. The van der Waals surface area contributed by atoms with Crippen LogP contribution in [0, 0.1) is 12.3 Å². The maximum Gasteiger partial charge on any atom is 0.228 e. The van der Waals surface area contributed by atoms with Crippen LogP contribution in [0.3, 0.4) is 0 Å². The number of piperidine rings is 1. The molecule has 27 heavy (non-hydrogen) atoms. The molecule has 2 heterocycles. The van der Waals surface area contributed by atoms with E-state index in [4.69, 9.17) is 9.15 Å². The van der Waals surface area contributed by atoms with E-state index in [2.05, 4.69) is 15.6 Å². The number of nitrogens with zero attached hydrogens (tertiary/aromatic N) is 1. The number of nitrogens with one attached hydrogen (secondary N) is 2. The quantitative estimate of drug-likeness (QED) is 0.756.